The highest BCUT2D eigenvalue weighted by Crippen LogP contribution is 2.37. The number of pyridine rings is 1. The largest absolute Gasteiger partial charge is 0.350 e. The van der Waals surface area contributed by atoms with E-state index in [0.29, 0.717) is 29.1 Å². The Balaban J connectivity index is 1.59. The van der Waals surface area contributed by atoms with Crippen LogP contribution < -0.4 is 5.56 Å². The van der Waals surface area contributed by atoms with Crippen LogP contribution in [0, 0.1) is 17.5 Å². The van der Waals surface area contributed by atoms with Gasteiger partial charge in [0.2, 0.25) is 0 Å². The van der Waals surface area contributed by atoms with E-state index in [0.717, 1.165) is 29.8 Å². The van der Waals surface area contributed by atoms with Gasteiger partial charge < -0.3 is 14.9 Å². The van der Waals surface area contributed by atoms with Crippen molar-refractivity contribution in [3.05, 3.63) is 81.2 Å². The molecule has 8 heteroatoms. The summed E-state index contributed by atoms with van der Waals surface area (Å²) in [6.45, 7) is 0. The third-order valence-corrected chi connectivity index (χ3v) is 6.02. The Morgan fingerprint density at radius 2 is 1.81 bits per heavy atom. The molecule has 0 fully saturated rings. The molecule has 1 amide bonds. The summed E-state index contributed by atoms with van der Waals surface area (Å²) in [5, 5.41) is 1.25. The van der Waals surface area contributed by atoms with Crippen molar-refractivity contribution < 1.29 is 18.0 Å². The number of fused-ring (bicyclic) bond motifs is 4. The SMILES string of the molecule is CN(C(=O)c1cc2cc(F)c(F)cc2[nH]1)[C@H]1CCCc2[nH]c(=O)c3cc(F)ccc3c21. The van der Waals surface area contributed by atoms with Crippen molar-refractivity contribution in [1.29, 1.82) is 0 Å². The number of rotatable bonds is 2. The first-order valence-electron chi connectivity index (χ1n) is 9.92. The maximum absolute atomic E-state index is 13.7. The molecule has 2 aromatic heterocycles. The quantitative estimate of drug-likeness (QED) is 0.494. The number of hydrogen-bond donors (Lipinski definition) is 2. The summed E-state index contributed by atoms with van der Waals surface area (Å²) in [6, 6.07) is 7.27. The van der Waals surface area contributed by atoms with Gasteiger partial charge in [0.15, 0.2) is 11.6 Å². The van der Waals surface area contributed by atoms with E-state index < -0.39 is 17.5 Å². The van der Waals surface area contributed by atoms with Gasteiger partial charge >= 0.3 is 0 Å². The van der Waals surface area contributed by atoms with Crippen LogP contribution in [0.3, 0.4) is 0 Å². The van der Waals surface area contributed by atoms with Crippen molar-refractivity contribution in [2.45, 2.75) is 25.3 Å². The second-order valence-corrected chi connectivity index (χ2v) is 7.90. The molecule has 2 aromatic carbocycles. The van der Waals surface area contributed by atoms with E-state index in [-0.39, 0.29) is 28.6 Å². The summed E-state index contributed by atoms with van der Waals surface area (Å²) >= 11 is 0. The van der Waals surface area contributed by atoms with E-state index in [9.17, 15) is 22.8 Å². The average Bonchev–Trinajstić information content (AvgIpc) is 3.15. The molecule has 158 valence electrons. The van der Waals surface area contributed by atoms with Crippen LogP contribution in [-0.4, -0.2) is 27.8 Å². The molecule has 5 nitrogen and oxygen atoms in total. The van der Waals surface area contributed by atoms with Crippen LogP contribution in [0.4, 0.5) is 13.2 Å². The molecular weight excluding hydrogens is 407 g/mol. The molecule has 4 aromatic rings. The van der Waals surface area contributed by atoms with Crippen LogP contribution in [0.25, 0.3) is 21.7 Å². The number of benzene rings is 2. The van der Waals surface area contributed by atoms with E-state index in [2.05, 4.69) is 9.97 Å². The van der Waals surface area contributed by atoms with E-state index in [4.69, 9.17) is 0 Å². The van der Waals surface area contributed by atoms with E-state index in [1.54, 1.807) is 18.0 Å². The number of aromatic nitrogens is 2. The molecule has 0 spiro atoms. The van der Waals surface area contributed by atoms with Crippen LogP contribution >= 0.6 is 0 Å². The van der Waals surface area contributed by atoms with E-state index >= 15 is 0 Å². The monoisotopic (exact) mass is 425 g/mol. The van der Waals surface area contributed by atoms with Gasteiger partial charge in [-0.05, 0) is 48.9 Å². The van der Waals surface area contributed by atoms with Crippen LogP contribution in [0.1, 0.15) is 40.6 Å². The lowest BCUT2D eigenvalue weighted by Crippen LogP contribution is -2.34. The fourth-order valence-corrected chi connectivity index (χ4v) is 4.53. The van der Waals surface area contributed by atoms with Crippen LogP contribution in [0.5, 0.6) is 0 Å². The standard InChI is InChI=1S/C23H18F3N3O2/c1-29(23(31)19-8-11-7-15(25)16(26)10-18(11)27-19)20-4-2-3-17-21(20)13-6-5-12(24)9-14(13)22(30)28-17/h5-10,20,27H,2-4H2,1H3,(H,28,30)/t20-/m0/s1. The first-order chi connectivity index (χ1) is 14.8. The van der Waals surface area contributed by atoms with Crippen molar-refractivity contribution in [3.63, 3.8) is 0 Å². The summed E-state index contributed by atoms with van der Waals surface area (Å²) < 4.78 is 40.8. The van der Waals surface area contributed by atoms with Gasteiger partial charge in [0.05, 0.1) is 11.4 Å². The fraction of sp³-hybridized carbons (Fsp3) is 0.217. The zero-order valence-corrected chi connectivity index (χ0v) is 16.6. The third-order valence-electron chi connectivity index (χ3n) is 6.02. The zero-order valence-electron chi connectivity index (χ0n) is 16.6. The van der Waals surface area contributed by atoms with Gasteiger partial charge in [-0.2, -0.15) is 0 Å². The Bertz CT molecular complexity index is 1380. The minimum atomic E-state index is -0.995. The van der Waals surface area contributed by atoms with Gasteiger partial charge in [-0.1, -0.05) is 6.07 Å². The van der Waals surface area contributed by atoms with E-state index in [1.807, 2.05) is 0 Å². The van der Waals surface area contributed by atoms with Gasteiger partial charge in [0.25, 0.3) is 11.5 Å². The molecule has 1 aliphatic rings. The van der Waals surface area contributed by atoms with Gasteiger partial charge in [-0.3, -0.25) is 9.59 Å². The van der Waals surface area contributed by atoms with Gasteiger partial charge in [-0.25, -0.2) is 13.2 Å². The second kappa shape index (κ2) is 7.01. The molecular formula is C23H18F3N3O2. The maximum atomic E-state index is 13.7. The molecule has 1 atom stereocenters. The maximum Gasteiger partial charge on any atom is 0.270 e. The van der Waals surface area contributed by atoms with Crippen molar-refractivity contribution in [1.82, 2.24) is 14.9 Å². The van der Waals surface area contributed by atoms with Crippen molar-refractivity contribution >= 4 is 27.6 Å². The highest BCUT2D eigenvalue weighted by molar-refractivity contribution is 5.98. The molecule has 0 aliphatic heterocycles. The number of halogens is 3. The van der Waals surface area contributed by atoms with Crippen LogP contribution in [0.2, 0.25) is 0 Å². The number of aromatic amines is 2. The molecule has 1 aliphatic carbocycles. The summed E-state index contributed by atoms with van der Waals surface area (Å²) in [4.78, 5) is 32.9. The number of carbonyl (C=O) groups excluding carboxylic acids is 1. The minimum Gasteiger partial charge on any atom is -0.350 e. The van der Waals surface area contributed by atoms with Crippen LogP contribution in [0.15, 0.2) is 41.2 Å². The first-order valence-corrected chi connectivity index (χ1v) is 9.92. The predicted octanol–water partition coefficient (Wildman–Crippen LogP) is 4.58. The topological polar surface area (TPSA) is 69.0 Å². The number of nitrogens with one attached hydrogen (secondary N) is 2. The molecule has 31 heavy (non-hydrogen) atoms. The molecule has 0 saturated carbocycles. The highest BCUT2D eigenvalue weighted by atomic mass is 19.2. The summed E-state index contributed by atoms with van der Waals surface area (Å²) in [7, 11) is 1.65. The summed E-state index contributed by atoms with van der Waals surface area (Å²) in [6.07, 6.45) is 2.08. The molecule has 0 unspecified atom stereocenters. The van der Waals surface area contributed by atoms with E-state index in [1.165, 1.54) is 18.2 Å². The molecule has 2 heterocycles. The van der Waals surface area contributed by atoms with Gasteiger partial charge in [-0.15, -0.1) is 0 Å². The zero-order chi connectivity index (χ0) is 21.9. The Hall–Kier alpha value is -3.55. The normalized spacial score (nSPS) is 15.9. The van der Waals surface area contributed by atoms with Gasteiger partial charge in [0.1, 0.15) is 11.5 Å². The van der Waals surface area contributed by atoms with Gasteiger partial charge in [0, 0.05) is 35.3 Å². The molecule has 2 N–H and O–H groups in total. The average molecular weight is 425 g/mol. The molecule has 5 rings (SSSR count). The Labute approximate surface area is 174 Å². The number of amides is 1. The Morgan fingerprint density at radius 1 is 1.03 bits per heavy atom. The Morgan fingerprint density at radius 3 is 2.61 bits per heavy atom. The van der Waals surface area contributed by atoms with Crippen molar-refractivity contribution in [2.75, 3.05) is 7.05 Å². The lowest BCUT2D eigenvalue weighted by molar-refractivity contribution is 0.0710. The molecule has 0 bridgehead atoms. The predicted molar refractivity (Wildman–Crippen MR) is 111 cm³/mol. The van der Waals surface area contributed by atoms with Crippen molar-refractivity contribution in [2.24, 2.45) is 0 Å². The summed E-state index contributed by atoms with van der Waals surface area (Å²) in [5.41, 5.74) is 1.70. The number of aryl methyl sites for hydroxylation is 1. The summed E-state index contributed by atoms with van der Waals surface area (Å²) in [5.74, 6) is -2.84. The lowest BCUT2D eigenvalue weighted by Gasteiger charge is -2.33. The highest BCUT2D eigenvalue weighted by Gasteiger charge is 2.31. The number of hydrogen-bond acceptors (Lipinski definition) is 2. The number of carbonyl (C=O) groups is 1. The van der Waals surface area contributed by atoms with Crippen molar-refractivity contribution in [3.8, 4) is 0 Å². The fourth-order valence-electron chi connectivity index (χ4n) is 4.53. The minimum absolute atomic E-state index is 0.203. The Kier molecular flexibility index (Phi) is 4.39. The smallest absolute Gasteiger partial charge is 0.270 e. The molecule has 0 radical (unpaired) electrons. The third kappa shape index (κ3) is 3.10. The van der Waals surface area contributed by atoms with Crippen LogP contribution in [-0.2, 0) is 6.42 Å². The second-order valence-electron chi connectivity index (χ2n) is 7.90. The molecule has 0 saturated heterocycles. The number of nitrogens with zero attached hydrogens (tertiary/aromatic N) is 1. The number of H-pyrrole nitrogens is 2. The lowest BCUT2D eigenvalue weighted by atomic mass is 9.86. The first kappa shape index (κ1) is 19.4.